The monoisotopic (exact) mass is 493 g/mol. The molecule has 0 bridgehead atoms. The van der Waals surface area contributed by atoms with Gasteiger partial charge in [0.05, 0.1) is 39.8 Å². The first-order valence-electron chi connectivity index (χ1n) is 11.1. The zero-order valence-electron chi connectivity index (χ0n) is 19.3. The smallest absolute Gasteiger partial charge is 0.146 e. The lowest BCUT2D eigenvalue weighted by molar-refractivity contribution is 0.141. The average Bonchev–Trinajstić information content (AvgIpc) is 3.34. The largest absolute Gasteiger partial charge is 0.486 e. The van der Waals surface area contributed by atoms with Gasteiger partial charge in [-0.05, 0) is 48.9 Å². The Morgan fingerprint density at radius 1 is 1.17 bits per heavy atom. The maximum Gasteiger partial charge on any atom is 0.146 e. The summed E-state index contributed by atoms with van der Waals surface area (Å²) < 4.78 is 43.0. The third-order valence-electron chi connectivity index (χ3n) is 5.60. The standard InChI is InChI=1S/C25H24FN5O3S/c1-16-11-18(31-35(2,32)23-5-3-4-9-27-23)13-21-24(16)25(29-15-28-21)30-20-7-6-17(26)12-22(20)34-19-8-10-33-14-19/h3-7,9,11-13,15,19H,8,10,14H2,1-2H3,(H,28,29,30)/t19-,35?/m0/s1. The van der Waals surface area contributed by atoms with E-state index in [1.54, 1.807) is 42.8 Å². The van der Waals surface area contributed by atoms with Gasteiger partial charge in [0.2, 0.25) is 0 Å². The third-order valence-corrected chi connectivity index (χ3v) is 7.18. The lowest BCUT2D eigenvalue weighted by Crippen LogP contribution is -2.16. The van der Waals surface area contributed by atoms with E-state index in [-0.39, 0.29) is 6.10 Å². The van der Waals surface area contributed by atoms with Gasteiger partial charge in [-0.2, -0.15) is 4.36 Å². The van der Waals surface area contributed by atoms with E-state index in [0.29, 0.717) is 46.7 Å². The van der Waals surface area contributed by atoms with E-state index in [9.17, 15) is 8.60 Å². The number of hydrogen-bond acceptors (Lipinski definition) is 8. The van der Waals surface area contributed by atoms with Crippen LogP contribution in [0.1, 0.15) is 12.0 Å². The number of ether oxygens (including phenoxy) is 2. The molecule has 0 saturated carbocycles. The topological polar surface area (TPSA) is 98.6 Å². The second-order valence-corrected chi connectivity index (χ2v) is 10.5. The van der Waals surface area contributed by atoms with Gasteiger partial charge < -0.3 is 14.8 Å². The summed E-state index contributed by atoms with van der Waals surface area (Å²) in [4.78, 5) is 13.0. The Balaban J connectivity index is 1.52. The number of fused-ring (bicyclic) bond motifs is 1. The van der Waals surface area contributed by atoms with E-state index < -0.39 is 15.5 Å². The Morgan fingerprint density at radius 2 is 2.06 bits per heavy atom. The van der Waals surface area contributed by atoms with Crippen LogP contribution in [-0.4, -0.2) is 44.7 Å². The van der Waals surface area contributed by atoms with Crippen LogP contribution in [0.15, 0.2) is 70.4 Å². The Hall–Kier alpha value is -3.63. The van der Waals surface area contributed by atoms with Gasteiger partial charge in [-0.15, -0.1) is 0 Å². The maximum atomic E-state index is 14.0. The van der Waals surface area contributed by atoms with Crippen molar-refractivity contribution in [1.82, 2.24) is 15.0 Å². The van der Waals surface area contributed by atoms with Gasteiger partial charge in [0.25, 0.3) is 0 Å². The molecule has 2 aromatic carbocycles. The maximum absolute atomic E-state index is 14.0. The molecule has 4 aromatic rings. The summed E-state index contributed by atoms with van der Waals surface area (Å²) >= 11 is 0. The molecule has 1 saturated heterocycles. The predicted octanol–water partition coefficient (Wildman–Crippen LogP) is 5.17. The van der Waals surface area contributed by atoms with Crippen LogP contribution >= 0.6 is 0 Å². The first-order valence-corrected chi connectivity index (χ1v) is 13.0. The van der Waals surface area contributed by atoms with Gasteiger partial charge in [0.1, 0.15) is 34.8 Å². The van der Waals surface area contributed by atoms with E-state index in [0.717, 1.165) is 17.4 Å². The molecule has 0 aliphatic carbocycles. The summed E-state index contributed by atoms with van der Waals surface area (Å²) in [7, 11) is -2.74. The van der Waals surface area contributed by atoms with Crippen LogP contribution < -0.4 is 10.1 Å². The molecule has 5 rings (SSSR count). The molecular formula is C25H24FN5O3S. The van der Waals surface area contributed by atoms with Crippen LogP contribution in [0, 0.1) is 12.7 Å². The van der Waals surface area contributed by atoms with Crippen molar-refractivity contribution in [2.24, 2.45) is 4.36 Å². The fourth-order valence-corrected chi connectivity index (χ4v) is 5.14. The minimum absolute atomic E-state index is 0.131. The highest BCUT2D eigenvalue weighted by atomic mass is 32.2. The van der Waals surface area contributed by atoms with E-state index in [4.69, 9.17) is 9.47 Å². The summed E-state index contributed by atoms with van der Waals surface area (Å²) in [6.07, 6.45) is 5.21. The number of aromatic nitrogens is 3. The number of pyridine rings is 1. The quantitative estimate of drug-likeness (QED) is 0.396. The molecule has 3 heterocycles. The van der Waals surface area contributed by atoms with E-state index in [2.05, 4.69) is 24.6 Å². The molecule has 10 heteroatoms. The van der Waals surface area contributed by atoms with Gasteiger partial charge in [-0.25, -0.2) is 23.6 Å². The van der Waals surface area contributed by atoms with Crippen molar-refractivity contribution in [2.45, 2.75) is 24.5 Å². The minimum Gasteiger partial charge on any atom is -0.486 e. The van der Waals surface area contributed by atoms with Gasteiger partial charge in [0.15, 0.2) is 0 Å². The summed E-state index contributed by atoms with van der Waals surface area (Å²) in [6.45, 7) is 3.00. The predicted molar refractivity (Wildman–Crippen MR) is 132 cm³/mol. The molecule has 8 nitrogen and oxygen atoms in total. The Morgan fingerprint density at radius 3 is 2.83 bits per heavy atom. The van der Waals surface area contributed by atoms with Crippen molar-refractivity contribution in [3.63, 3.8) is 0 Å². The summed E-state index contributed by atoms with van der Waals surface area (Å²) in [5.74, 6) is 0.535. The van der Waals surface area contributed by atoms with Crippen molar-refractivity contribution < 1.29 is 18.1 Å². The lowest BCUT2D eigenvalue weighted by atomic mass is 10.1. The zero-order valence-corrected chi connectivity index (χ0v) is 20.1. The SMILES string of the molecule is Cc1cc(N=S(C)(=O)c2ccccn2)cc2ncnc(Nc3ccc(F)cc3O[C@H]3CCOC3)c12. The Kier molecular flexibility index (Phi) is 6.31. The Bertz CT molecular complexity index is 1500. The highest BCUT2D eigenvalue weighted by Crippen LogP contribution is 2.34. The molecule has 35 heavy (non-hydrogen) atoms. The first-order chi connectivity index (χ1) is 16.9. The minimum atomic E-state index is -2.74. The number of hydrogen-bond donors (Lipinski definition) is 1. The molecular weight excluding hydrogens is 469 g/mol. The number of halogens is 1. The van der Waals surface area contributed by atoms with Crippen molar-refractivity contribution in [3.05, 3.63) is 72.4 Å². The first kappa shape index (κ1) is 23.1. The second kappa shape index (κ2) is 9.55. The number of benzene rings is 2. The number of nitrogens with one attached hydrogen (secondary N) is 1. The van der Waals surface area contributed by atoms with Crippen LogP contribution in [0.5, 0.6) is 5.75 Å². The third kappa shape index (κ3) is 5.08. The van der Waals surface area contributed by atoms with Gasteiger partial charge in [-0.1, -0.05) is 6.07 Å². The summed E-state index contributed by atoms with van der Waals surface area (Å²) in [6, 6.07) is 13.2. The van der Waals surface area contributed by atoms with Crippen molar-refractivity contribution in [1.29, 1.82) is 0 Å². The molecule has 1 N–H and O–H groups in total. The molecule has 1 fully saturated rings. The highest BCUT2D eigenvalue weighted by Gasteiger charge is 2.20. The lowest BCUT2D eigenvalue weighted by Gasteiger charge is -2.17. The fourth-order valence-electron chi connectivity index (χ4n) is 3.95. The Labute approximate surface area is 202 Å². The second-order valence-electron chi connectivity index (χ2n) is 8.31. The van der Waals surface area contributed by atoms with Crippen LogP contribution in [0.25, 0.3) is 10.9 Å². The molecule has 180 valence electrons. The average molecular weight is 494 g/mol. The summed E-state index contributed by atoms with van der Waals surface area (Å²) in [5.41, 5.74) is 2.59. The molecule has 1 aliphatic heterocycles. The van der Waals surface area contributed by atoms with Crippen LogP contribution in [0.2, 0.25) is 0 Å². The highest BCUT2D eigenvalue weighted by molar-refractivity contribution is 7.93. The van der Waals surface area contributed by atoms with Gasteiger partial charge in [-0.3, -0.25) is 0 Å². The number of nitrogens with zero attached hydrogens (tertiary/aromatic N) is 4. The van der Waals surface area contributed by atoms with E-state index in [1.807, 2.05) is 13.0 Å². The van der Waals surface area contributed by atoms with E-state index in [1.165, 1.54) is 18.5 Å². The molecule has 1 aliphatic rings. The number of aryl methyl sites for hydroxylation is 1. The zero-order chi connectivity index (χ0) is 24.4. The number of anilines is 2. The van der Waals surface area contributed by atoms with Crippen molar-refractivity contribution in [2.75, 3.05) is 24.8 Å². The molecule has 2 atom stereocenters. The summed E-state index contributed by atoms with van der Waals surface area (Å²) in [5, 5.41) is 4.46. The van der Waals surface area contributed by atoms with Crippen LogP contribution in [0.4, 0.5) is 21.6 Å². The normalized spacial score (nSPS) is 17.2. The van der Waals surface area contributed by atoms with Crippen LogP contribution in [-0.2, 0) is 14.5 Å². The van der Waals surface area contributed by atoms with Crippen LogP contribution in [0.3, 0.4) is 0 Å². The van der Waals surface area contributed by atoms with Gasteiger partial charge >= 0.3 is 0 Å². The number of rotatable bonds is 6. The molecule has 0 amide bonds. The molecule has 0 spiro atoms. The molecule has 0 radical (unpaired) electrons. The van der Waals surface area contributed by atoms with Gasteiger partial charge in [0, 0.05) is 30.3 Å². The van der Waals surface area contributed by atoms with Crippen molar-refractivity contribution >= 4 is 37.8 Å². The molecule has 1 unspecified atom stereocenters. The molecule has 2 aromatic heterocycles. The van der Waals surface area contributed by atoms with E-state index >= 15 is 0 Å². The fraction of sp³-hybridized carbons (Fsp3) is 0.240. The van der Waals surface area contributed by atoms with Crippen molar-refractivity contribution in [3.8, 4) is 5.75 Å².